The van der Waals surface area contributed by atoms with Gasteiger partial charge in [-0.2, -0.15) is 36.9 Å². The van der Waals surface area contributed by atoms with Gasteiger partial charge in [-0.25, -0.2) is 19.9 Å². The van der Waals surface area contributed by atoms with Crippen LogP contribution < -0.4 is 0 Å². The van der Waals surface area contributed by atoms with E-state index in [1.807, 2.05) is 34.9 Å². The Morgan fingerprint density at radius 2 is 1.08 bits per heavy atom. The molecule has 4 aromatic carbocycles. The lowest BCUT2D eigenvalue weighted by Crippen LogP contribution is -2.11. The van der Waals surface area contributed by atoms with Gasteiger partial charge in [0.1, 0.15) is 12.1 Å². The van der Waals surface area contributed by atoms with Gasteiger partial charge in [-0.05, 0) is 59.7 Å². The van der Waals surface area contributed by atoms with Crippen LogP contribution in [-0.4, -0.2) is 24.5 Å². The summed E-state index contributed by atoms with van der Waals surface area (Å²) in [4.78, 5) is 17.4. The topological polar surface area (TPSA) is 104 Å². The van der Waals surface area contributed by atoms with Crippen molar-refractivity contribution < 1.29 is 26.3 Å². The molecule has 7 rings (SSSR count). The van der Waals surface area contributed by atoms with Crippen LogP contribution in [0.5, 0.6) is 0 Å². The van der Waals surface area contributed by atoms with Crippen molar-refractivity contribution in [3.05, 3.63) is 126 Å². The summed E-state index contributed by atoms with van der Waals surface area (Å²) in [5.41, 5.74) is 0.217. The third-order valence-corrected chi connectivity index (χ3v) is 7.89. The van der Waals surface area contributed by atoms with E-state index in [1.54, 1.807) is 36.4 Å². The molecular formula is C36H17F6N7. The molecule has 0 aliphatic heterocycles. The second kappa shape index (κ2) is 11.6. The minimum atomic E-state index is -5.01. The first-order valence-electron chi connectivity index (χ1n) is 14.4. The van der Waals surface area contributed by atoms with Crippen LogP contribution in [0.25, 0.3) is 61.4 Å². The lowest BCUT2D eigenvalue weighted by atomic mass is 9.98. The molecule has 0 atom stereocenters. The molecule has 0 bridgehead atoms. The number of alkyl halides is 6. The average molecular weight is 662 g/mol. The zero-order chi connectivity index (χ0) is 34.5. The molecule has 238 valence electrons. The Bertz CT molecular complexity index is 2450. The molecule has 0 aliphatic carbocycles. The highest BCUT2D eigenvalue weighted by Crippen LogP contribution is 2.41. The van der Waals surface area contributed by atoms with E-state index < -0.39 is 23.5 Å². The van der Waals surface area contributed by atoms with Gasteiger partial charge in [0.15, 0.2) is 11.6 Å². The SMILES string of the molecule is N#Cc1cnc(-c2ccc(-n3c4ccccc4c4ccc(-c5cc(C(F)(F)F)cc(C(F)(F)F)c5)cc43)c(-c3ncc(C#N)cn3)c2)nc1. The number of fused-ring (bicyclic) bond motifs is 3. The maximum absolute atomic E-state index is 13.8. The van der Waals surface area contributed by atoms with E-state index in [0.717, 1.165) is 5.39 Å². The number of rotatable bonds is 4. The number of hydrogen-bond acceptors (Lipinski definition) is 6. The molecule has 0 amide bonds. The van der Waals surface area contributed by atoms with Crippen LogP contribution in [0.15, 0.2) is 104 Å². The molecule has 3 aromatic heterocycles. The van der Waals surface area contributed by atoms with Gasteiger partial charge in [-0.3, -0.25) is 0 Å². The van der Waals surface area contributed by atoms with Crippen LogP contribution in [0.4, 0.5) is 26.3 Å². The quantitative estimate of drug-likeness (QED) is 0.174. The van der Waals surface area contributed by atoms with Gasteiger partial charge in [0.25, 0.3) is 0 Å². The molecule has 0 radical (unpaired) electrons. The van der Waals surface area contributed by atoms with Crippen LogP contribution in [-0.2, 0) is 12.4 Å². The van der Waals surface area contributed by atoms with Crippen molar-refractivity contribution in [1.82, 2.24) is 24.5 Å². The zero-order valence-electron chi connectivity index (χ0n) is 24.7. The van der Waals surface area contributed by atoms with Crippen LogP contribution in [0.2, 0.25) is 0 Å². The molecule has 0 aliphatic rings. The number of nitriles is 2. The lowest BCUT2D eigenvalue weighted by molar-refractivity contribution is -0.143. The van der Waals surface area contributed by atoms with Crippen LogP contribution in [0.3, 0.4) is 0 Å². The highest BCUT2D eigenvalue weighted by molar-refractivity contribution is 6.10. The number of nitrogens with zero attached hydrogens (tertiary/aromatic N) is 7. The molecule has 3 heterocycles. The van der Waals surface area contributed by atoms with E-state index >= 15 is 0 Å². The van der Waals surface area contributed by atoms with Crippen molar-refractivity contribution in [1.29, 1.82) is 10.5 Å². The van der Waals surface area contributed by atoms with Gasteiger partial charge in [0, 0.05) is 46.7 Å². The third kappa shape index (κ3) is 5.68. The second-order valence-electron chi connectivity index (χ2n) is 10.9. The maximum atomic E-state index is 13.8. The van der Waals surface area contributed by atoms with E-state index in [9.17, 15) is 31.6 Å². The summed E-state index contributed by atoms with van der Waals surface area (Å²) < 4.78 is 84.3. The Labute approximate surface area is 273 Å². The molecule has 0 fully saturated rings. The Balaban J connectivity index is 1.50. The van der Waals surface area contributed by atoms with E-state index in [4.69, 9.17) is 5.26 Å². The van der Waals surface area contributed by atoms with Gasteiger partial charge >= 0.3 is 12.4 Å². The summed E-state index contributed by atoms with van der Waals surface area (Å²) >= 11 is 0. The highest BCUT2D eigenvalue weighted by Gasteiger charge is 2.37. The predicted molar refractivity (Wildman–Crippen MR) is 168 cm³/mol. The van der Waals surface area contributed by atoms with Crippen molar-refractivity contribution in [3.8, 4) is 51.7 Å². The van der Waals surface area contributed by atoms with Gasteiger partial charge in [0.2, 0.25) is 0 Å². The minimum absolute atomic E-state index is 0.0992. The van der Waals surface area contributed by atoms with Crippen LogP contribution in [0, 0.1) is 22.7 Å². The Morgan fingerprint density at radius 1 is 0.531 bits per heavy atom. The summed E-state index contributed by atoms with van der Waals surface area (Å²) in [5.74, 6) is 0.522. The van der Waals surface area contributed by atoms with Gasteiger partial charge in [-0.15, -0.1) is 0 Å². The summed E-state index contributed by atoms with van der Waals surface area (Å²) in [7, 11) is 0. The van der Waals surface area contributed by atoms with Crippen LogP contribution >= 0.6 is 0 Å². The maximum Gasteiger partial charge on any atom is 0.416 e. The fourth-order valence-electron chi connectivity index (χ4n) is 5.64. The van der Waals surface area contributed by atoms with Crippen molar-refractivity contribution >= 4 is 21.8 Å². The molecule has 49 heavy (non-hydrogen) atoms. The van der Waals surface area contributed by atoms with Crippen molar-refractivity contribution in [3.63, 3.8) is 0 Å². The fraction of sp³-hybridized carbons (Fsp3) is 0.0556. The average Bonchev–Trinajstić information content (AvgIpc) is 3.44. The van der Waals surface area contributed by atoms with Crippen molar-refractivity contribution in [2.24, 2.45) is 0 Å². The zero-order valence-corrected chi connectivity index (χ0v) is 24.7. The smallest absolute Gasteiger partial charge is 0.308 e. The molecule has 0 saturated heterocycles. The number of para-hydroxylation sites is 1. The van der Waals surface area contributed by atoms with E-state index in [1.165, 1.54) is 30.9 Å². The Morgan fingerprint density at radius 3 is 1.67 bits per heavy atom. The number of halogens is 6. The minimum Gasteiger partial charge on any atom is -0.308 e. The molecule has 0 N–H and O–H groups in total. The Kier molecular flexibility index (Phi) is 7.33. The first kappa shape index (κ1) is 31.0. The molecule has 0 unspecified atom stereocenters. The summed E-state index contributed by atoms with van der Waals surface area (Å²) in [6.45, 7) is 0. The predicted octanol–water partition coefficient (Wildman–Crippen LogP) is 9.15. The van der Waals surface area contributed by atoms with Gasteiger partial charge in [0.05, 0.1) is 39.0 Å². The highest BCUT2D eigenvalue weighted by atomic mass is 19.4. The first-order chi connectivity index (χ1) is 23.4. The van der Waals surface area contributed by atoms with E-state index in [0.29, 0.717) is 51.2 Å². The van der Waals surface area contributed by atoms with Crippen LogP contribution in [0.1, 0.15) is 22.3 Å². The molecular weight excluding hydrogens is 644 g/mol. The monoisotopic (exact) mass is 661 g/mol. The number of benzene rings is 4. The van der Waals surface area contributed by atoms with E-state index in [2.05, 4.69) is 19.9 Å². The van der Waals surface area contributed by atoms with Gasteiger partial charge in [-0.1, -0.05) is 30.3 Å². The third-order valence-electron chi connectivity index (χ3n) is 7.89. The summed E-state index contributed by atoms with van der Waals surface area (Å²) in [5, 5.41) is 20.0. The fourth-order valence-corrected chi connectivity index (χ4v) is 5.64. The molecule has 0 spiro atoms. The normalized spacial score (nSPS) is 11.8. The lowest BCUT2D eigenvalue weighted by Gasteiger charge is -2.16. The molecule has 13 heteroatoms. The number of hydrogen-bond donors (Lipinski definition) is 0. The number of aromatic nitrogens is 5. The standard InChI is InChI=1S/C36H17F6N7/c37-35(38,39)25-9-24(10-26(13-25)36(40,41)42)22-5-7-28-27-3-1-2-4-30(27)49(32(28)12-22)31-8-6-23(33-45-16-20(14-43)17-46-33)11-29(31)34-47-18-21(15-44)19-48-34/h1-13,16-19H. The first-order valence-corrected chi connectivity index (χ1v) is 14.4. The largest absolute Gasteiger partial charge is 0.416 e. The summed E-state index contributed by atoms with van der Waals surface area (Å²) in [6.07, 6.45) is -4.56. The van der Waals surface area contributed by atoms with Gasteiger partial charge < -0.3 is 4.57 Å². The molecule has 7 nitrogen and oxygen atoms in total. The van der Waals surface area contributed by atoms with E-state index in [-0.39, 0.29) is 34.1 Å². The van der Waals surface area contributed by atoms with Crippen molar-refractivity contribution in [2.45, 2.75) is 12.4 Å². The molecule has 7 aromatic rings. The summed E-state index contributed by atoms with van der Waals surface area (Å²) in [6, 6.07) is 22.7. The van der Waals surface area contributed by atoms with Crippen molar-refractivity contribution in [2.75, 3.05) is 0 Å². The molecule has 0 saturated carbocycles. The Hall–Kier alpha value is -6.60. The second-order valence-corrected chi connectivity index (χ2v) is 10.9.